The van der Waals surface area contributed by atoms with Crippen LogP contribution in [0, 0.1) is 0 Å². The quantitative estimate of drug-likeness (QED) is 0.283. The number of benzene rings is 1. The lowest BCUT2D eigenvalue weighted by atomic mass is 9.94. The Morgan fingerprint density at radius 2 is 1.95 bits per heavy atom. The van der Waals surface area contributed by atoms with E-state index in [9.17, 15) is 36.3 Å². The number of carbonyl (C=O) groups excluding carboxylic acids is 2. The highest BCUT2D eigenvalue weighted by atomic mass is 19.3. The average molecular weight is 628 g/mol. The number of aryl methyl sites for hydroxylation is 1. The number of ether oxygens (including phenoxy) is 2. The van der Waals surface area contributed by atoms with Gasteiger partial charge in [-0.05, 0) is 43.0 Å². The number of alkyl halides is 5. The summed E-state index contributed by atoms with van der Waals surface area (Å²) in [5.41, 5.74) is -0.348. The maximum Gasteiger partial charge on any atom is 0.413 e. The average Bonchev–Trinajstić information content (AvgIpc) is 3.40. The van der Waals surface area contributed by atoms with E-state index in [0.717, 1.165) is 9.25 Å². The number of hydrogen-bond acceptors (Lipinski definition) is 8. The molecule has 3 aromatic rings. The molecule has 44 heavy (non-hydrogen) atoms. The van der Waals surface area contributed by atoms with Gasteiger partial charge < -0.3 is 14.8 Å². The Morgan fingerprint density at radius 3 is 2.66 bits per heavy atom. The Labute approximate surface area is 247 Å². The van der Waals surface area contributed by atoms with Crippen LogP contribution in [0.15, 0.2) is 47.5 Å². The van der Waals surface area contributed by atoms with Crippen LogP contribution in [0.5, 0.6) is 5.75 Å². The maximum absolute atomic E-state index is 14.7. The number of amides is 2. The number of carbonyl (C=O) groups is 2. The van der Waals surface area contributed by atoms with Crippen LogP contribution >= 0.6 is 0 Å². The van der Waals surface area contributed by atoms with Gasteiger partial charge in [0, 0.05) is 39.1 Å². The van der Waals surface area contributed by atoms with Gasteiger partial charge in [-0.2, -0.15) is 13.8 Å². The first kappa shape index (κ1) is 32.3. The smallest absolute Gasteiger partial charge is 0.413 e. The van der Waals surface area contributed by atoms with E-state index < -0.39 is 42.0 Å². The highest BCUT2D eigenvalue weighted by molar-refractivity contribution is 5.91. The summed E-state index contributed by atoms with van der Waals surface area (Å²) in [7, 11) is 0. The van der Waals surface area contributed by atoms with Crippen molar-refractivity contribution in [1.82, 2.24) is 29.9 Å². The first-order valence-electron chi connectivity index (χ1n) is 13.7. The summed E-state index contributed by atoms with van der Waals surface area (Å²) in [6.45, 7) is 0.288. The minimum Gasteiger partial charge on any atom is -0.446 e. The Kier molecular flexibility index (Phi) is 10.2. The van der Waals surface area contributed by atoms with Crippen molar-refractivity contribution in [3.63, 3.8) is 0 Å². The van der Waals surface area contributed by atoms with E-state index in [1.165, 1.54) is 36.7 Å². The van der Waals surface area contributed by atoms with Crippen LogP contribution in [-0.4, -0.2) is 60.9 Å². The predicted molar refractivity (Wildman–Crippen MR) is 144 cm³/mol. The number of anilines is 1. The number of halogens is 5. The molecule has 1 atom stereocenters. The summed E-state index contributed by atoms with van der Waals surface area (Å²) in [5.74, 6) is -3.55. The van der Waals surface area contributed by atoms with E-state index in [1.807, 2.05) is 0 Å². The third kappa shape index (κ3) is 10.0. The van der Waals surface area contributed by atoms with Crippen LogP contribution < -0.4 is 21.1 Å². The molecule has 0 bridgehead atoms. The third-order valence-corrected chi connectivity index (χ3v) is 6.53. The molecular weight excluding hydrogens is 597 g/mol. The van der Waals surface area contributed by atoms with Gasteiger partial charge in [-0.25, -0.2) is 27.4 Å². The topological polar surface area (TPSA) is 142 Å². The van der Waals surface area contributed by atoms with E-state index >= 15 is 0 Å². The van der Waals surface area contributed by atoms with E-state index in [-0.39, 0.29) is 69.0 Å². The van der Waals surface area contributed by atoms with Crippen molar-refractivity contribution in [3.8, 4) is 5.75 Å². The van der Waals surface area contributed by atoms with Crippen LogP contribution in [0.4, 0.5) is 32.6 Å². The summed E-state index contributed by atoms with van der Waals surface area (Å²) in [4.78, 5) is 40.5. The van der Waals surface area contributed by atoms with Gasteiger partial charge in [-0.3, -0.25) is 14.7 Å². The number of nitrogens with zero attached hydrogens (tertiary/aromatic N) is 5. The Hall–Kier alpha value is -4.57. The van der Waals surface area contributed by atoms with Crippen LogP contribution in [-0.2, 0) is 24.4 Å². The molecule has 1 aromatic carbocycles. The fourth-order valence-electron chi connectivity index (χ4n) is 4.35. The molecule has 1 aliphatic carbocycles. The van der Waals surface area contributed by atoms with Gasteiger partial charge in [0.1, 0.15) is 23.8 Å². The van der Waals surface area contributed by atoms with Gasteiger partial charge in [0.15, 0.2) is 5.69 Å². The lowest BCUT2D eigenvalue weighted by Gasteiger charge is -2.27. The van der Waals surface area contributed by atoms with Crippen LogP contribution in [0.2, 0.25) is 0 Å². The molecule has 0 saturated heterocycles. The van der Waals surface area contributed by atoms with Gasteiger partial charge in [0.05, 0.1) is 12.7 Å². The van der Waals surface area contributed by atoms with Crippen molar-refractivity contribution in [3.05, 3.63) is 64.5 Å². The molecule has 2 N–H and O–H groups in total. The normalized spacial score (nSPS) is 15.8. The van der Waals surface area contributed by atoms with Crippen LogP contribution in [0.1, 0.15) is 55.1 Å². The zero-order chi connectivity index (χ0) is 31.9. The van der Waals surface area contributed by atoms with Crippen LogP contribution in [0.3, 0.4) is 0 Å². The monoisotopic (exact) mass is 627 g/mol. The third-order valence-electron chi connectivity index (χ3n) is 6.53. The molecule has 4 rings (SSSR count). The largest absolute Gasteiger partial charge is 0.446 e. The number of nitrogens with one attached hydrogen (secondary N) is 2. The Balaban J connectivity index is 1.20. The minimum absolute atomic E-state index is 0.00971. The lowest BCUT2D eigenvalue weighted by Crippen LogP contribution is -2.32. The van der Waals surface area contributed by atoms with E-state index in [0.29, 0.717) is 12.5 Å². The summed E-state index contributed by atoms with van der Waals surface area (Å²) < 4.78 is 79.2. The van der Waals surface area contributed by atoms with E-state index in [1.54, 1.807) is 6.07 Å². The van der Waals surface area contributed by atoms with Crippen molar-refractivity contribution in [2.24, 2.45) is 0 Å². The molecule has 1 aliphatic rings. The second-order valence-corrected chi connectivity index (χ2v) is 10.3. The molecule has 1 fully saturated rings. The van der Waals surface area contributed by atoms with Crippen molar-refractivity contribution < 1.29 is 41.0 Å². The van der Waals surface area contributed by atoms with Gasteiger partial charge in [-0.15, -0.1) is 5.10 Å². The van der Waals surface area contributed by atoms with Gasteiger partial charge in [-0.1, -0.05) is 17.3 Å². The molecular formula is C27H30F5N7O5. The molecule has 2 amide bonds. The summed E-state index contributed by atoms with van der Waals surface area (Å²) in [6.07, 6.45) is -4.66. The van der Waals surface area contributed by atoms with Crippen molar-refractivity contribution in [2.45, 2.75) is 83.0 Å². The standard InChI is InChI=1S/C27H30F5N7O5/c1-26(29,30)44-20-4-2-3-17(13-20)14-33-23(40)21-16-39(37-36-21)15-18(28)7-11-38-12-8-22(34-24(38)41)35-25(42)43-19-5-9-27(31,32)10-6-19/h2-4,8,12-13,16,18-19H,5-7,9-11,14-15H2,1H3,(H,33,40)(H,34,35,41,42). The fraction of sp³-hybridized carbons (Fsp3) is 0.481. The highest BCUT2D eigenvalue weighted by Gasteiger charge is 2.36. The SMILES string of the molecule is CC(F)(F)Oc1cccc(CNC(=O)c2cn(CC(F)CCn3ccc(NC(=O)OC4CCC(F)(F)CC4)nc3=O)nn2)c1. The predicted octanol–water partition coefficient (Wildman–Crippen LogP) is 4.31. The molecule has 2 aromatic heterocycles. The summed E-state index contributed by atoms with van der Waals surface area (Å²) >= 11 is 0. The second kappa shape index (κ2) is 13.8. The molecule has 1 saturated carbocycles. The zero-order valence-electron chi connectivity index (χ0n) is 23.5. The molecule has 2 heterocycles. The maximum atomic E-state index is 14.7. The molecule has 0 radical (unpaired) electrons. The molecule has 1 unspecified atom stereocenters. The van der Waals surface area contributed by atoms with Gasteiger partial charge >= 0.3 is 17.9 Å². The molecule has 0 aliphatic heterocycles. The molecule has 12 nitrogen and oxygen atoms in total. The van der Waals surface area contributed by atoms with Gasteiger partial charge in [0.2, 0.25) is 5.92 Å². The molecule has 238 valence electrons. The first-order valence-corrected chi connectivity index (χ1v) is 13.7. The minimum atomic E-state index is -3.36. The number of aromatic nitrogens is 5. The van der Waals surface area contributed by atoms with Gasteiger partial charge in [0.25, 0.3) is 5.91 Å². The lowest BCUT2D eigenvalue weighted by molar-refractivity contribution is -0.159. The Morgan fingerprint density at radius 1 is 1.20 bits per heavy atom. The van der Waals surface area contributed by atoms with E-state index in [4.69, 9.17) is 4.74 Å². The Bertz CT molecular complexity index is 1500. The molecule has 0 spiro atoms. The second-order valence-electron chi connectivity index (χ2n) is 10.3. The summed E-state index contributed by atoms with van der Waals surface area (Å²) in [6, 6.07) is 7.13. The number of hydrogen-bond donors (Lipinski definition) is 2. The van der Waals surface area contributed by atoms with Crippen molar-refractivity contribution in [1.29, 1.82) is 0 Å². The number of rotatable bonds is 12. The van der Waals surface area contributed by atoms with E-state index in [2.05, 4.69) is 30.7 Å². The van der Waals surface area contributed by atoms with Crippen molar-refractivity contribution >= 4 is 17.8 Å². The fourth-order valence-corrected chi connectivity index (χ4v) is 4.35. The molecule has 17 heteroatoms. The summed E-state index contributed by atoms with van der Waals surface area (Å²) in [5, 5.41) is 12.3. The van der Waals surface area contributed by atoms with Crippen molar-refractivity contribution in [2.75, 3.05) is 5.32 Å². The zero-order valence-corrected chi connectivity index (χ0v) is 23.5. The van der Waals surface area contributed by atoms with Crippen LogP contribution in [0.25, 0.3) is 0 Å². The first-order chi connectivity index (χ1) is 20.7. The highest BCUT2D eigenvalue weighted by Crippen LogP contribution is 2.34.